The monoisotopic (exact) mass is 214 g/mol. The molecule has 0 spiro atoms. The van der Waals surface area contributed by atoms with Crippen LogP contribution in [0.2, 0.25) is 0 Å². The molecule has 2 rings (SSSR count). The lowest BCUT2D eigenvalue weighted by atomic mass is 10.1. The van der Waals surface area contributed by atoms with E-state index in [1.165, 1.54) is 0 Å². The van der Waals surface area contributed by atoms with Crippen molar-refractivity contribution in [3.05, 3.63) is 54.4 Å². The molecule has 0 fully saturated rings. The molecule has 2 aromatic rings. The molecule has 0 amide bonds. The van der Waals surface area contributed by atoms with Gasteiger partial charge in [0.05, 0.1) is 5.69 Å². The highest BCUT2D eigenvalue weighted by atomic mass is 14.8. The van der Waals surface area contributed by atoms with Crippen LogP contribution in [0.3, 0.4) is 0 Å². The molecule has 0 bridgehead atoms. The molecule has 1 atom stereocenters. The maximum absolute atomic E-state index is 6.01. The first-order valence-corrected chi connectivity index (χ1v) is 5.27. The zero-order valence-electron chi connectivity index (χ0n) is 8.95. The SMILES string of the molecule is NC(CCc1ccccn1)c1cnccn1. The Morgan fingerprint density at radius 2 is 2.06 bits per heavy atom. The Balaban J connectivity index is 1.92. The minimum atomic E-state index is -0.0734. The lowest BCUT2D eigenvalue weighted by Gasteiger charge is -2.09. The van der Waals surface area contributed by atoms with Gasteiger partial charge in [-0.3, -0.25) is 15.0 Å². The molecular weight excluding hydrogens is 200 g/mol. The molecule has 0 aliphatic heterocycles. The highest BCUT2D eigenvalue weighted by molar-refractivity contribution is 5.06. The molecule has 2 aromatic heterocycles. The van der Waals surface area contributed by atoms with Crippen molar-refractivity contribution in [3.63, 3.8) is 0 Å². The van der Waals surface area contributed by atoms with Gasteiger partial charge in [0.25, 0.3) is 0 Å². The van der Waals surface area contributed by atoms with E-state index in [0.717, 1.165) is 24.2 Å². The van der Waals surface area contributed by atoms with E-state index in [1.807, 2.05) is 18.2 Å². The second kappa shape index (κ2) is 5.32. The van der Waals surface area contributed by atoms with Gasteiger partial charge >= 0.3 is 0 Å². The maximum atomic E-state index is 6.01. The van der Waals surface area contributed by atoms with Crippen molar-refractivity contribution in [2.45, 2.75) is 18.9 Å². The lowest BCUT2D eigenvalue weighted by molar-refractivity contribution is 0.624. The molecule has 82 valence electrons. The third-order valence-electron chi connectivity index (χ3n) is 2.40. The Bertz CT molecular complexity index is 416. The molecule has 4 heteroatoms. The van der Waals surface area contributed by atoms with Gasteiger partial charge in [-0.25, -0.2) is 0 Å². The normalized spacial score (nSPS) is 12.3. The van der Waals surface area contributed by atoms with E-state index in [1.54, 1.807) is 24.8 Å². The predicted octanol–water partition coefficient (Wildman–Crippen LogP) is 1.50. The summed E-state index contributed by atoms with van der Waals surface area (Å²) < 4.78 is 0. The van der Waals surface area contributed by atoms with Crippen LogP contribution in [0, 0.1) is 0 Å². The van der Waals surface area contributed by atoms with Crippen molar-refractivity contribution < 1.29 is 0 Å². The van der Waals surface area contributed by atoms with E-state index < -0.39 is 0 Å². The fourth-order valence-corrected chi connectivity index (χ4v) is 1.50. The fraction of sp³-hybridized carbons (Fsp3) is 0.250. The molecule has 0 aliphatic carbocycles. The van der Waals surface area contributed by atoms with Crippen LogP contribution in [-0.2, 0) is 6.42 Å². The Labute approximate surface area is 94.6 Å². The Kier molecular flexibility index (Phi) is 3.56. The third kappa shape index (κ3) is 2.84. The number of hydrogen-bond donors (Lipinski definition) is 1. The van der Waals surface area contributed by atoms with Crippen molar-refractivity contribution >= 4 is 0 Å². The van der Waals surface area contributed by atoms with E-state index >= 15 is 0 Å². The van der Waals surface area contributed by atoms with E-state index in [-0.39, 0.29) is 6.04 Å². The van der Waals surface area contributed by atoms with E-state index in [9.17, 15) is 0 Å². The van der Waals surface area contributed by atoms with Gasteiger partial charge < -0.3 is 5.73 Å². The first kappa shape index (κ1) is 10.7. The van der Waals surface area contributed by atoms with Crippen LogP contribution in [0.5, 0.6) is 0 Å². The van der Waals surface area contributed by atoms with Crippen molar-refractivity contribution in [2.24, 2.45) is 5.73 Å². The van der Waals surface area contributed by atoms with Gasteiger partial charge in [-0.15, -0.1) is 0 Å². The van der Waals surface area contributed by atoms with Gasteiger partial charge in [0.1, 0.15) is 0 Å². The zero-order chi connectivity index (χ0) is 11.2. The molecule has 0 aliphatic rings. The summed E-state index contributed by atoms with van der Waals surface area (Å²) in [7, 11) is 0. The third-order valence-corrected chi connectivity index (χ3v) is 2.40. The standard InChI is InChI=1S/C12H14N4/c13-11(12-9-14-7-8-16-12)5-4-10-3-1-2-6-15-10/h1-3,6-9,11H,4-5,13H2. The van der Waals surface area contributed by atoms with Gasteiger partial charge in [0.15, 0.2) is 0 Å². The summed E-state index contributed by atoms with van der Waals surface area (Å²) in [6.45, 7) is 0. The highest BCUT2D eigenvalue weighted by Crippen LogP contribution is 2.12. The maximum Gasteiger partial charge on any atom is 0.0753 e. The summed E-state index contributed by atoms with van der Waals surface area (Å²) in [4.78, 5) is 12.4. The summed E-state index contributed by atoms with van der Waals surface area (Å²) in [6.07, 6.45) is 8.51. The Morgan fingerprint density at radius 3 is 2.75 bits per heavy atom. The molecule has 2 N–H and O–H groups in total. The average molecular weight is 214 g/mol. The average Bonchev–Trinajstić information content (AvgIpc) is 2.38. The molecule has 16 heavy (non-hydrogen) atoms. The molecule has 4 nitrogen and oxygen atoms in total. The Morgan fingerprint density at radius 1 is 1.12 bits per heavy atom. The van der Waals surface area contributed by atoms with Crippen LogP contribution < -0.4 is 5.73 Å². The van der Waals surface area contributed by atoms with Crippen molar-refractivity contribution in [3.8, 4) is 0 Å². The lowest BCUT2D eigenvalue weighted by Crippen LogP contribution is -2.13. The predicted molar refractivity (Wildman–Crippen MR) is 61.5 cm³/mol. The van der Waals surface area contributed by atoms with Crippen molar-refractivity contribution in [1.29, 1.82) is 0 Å². The van der Waals surface area contributed by atoms with Crippen molar-refractivity contribution in [1.82, 2.24) is 15.0 Å². The summed E-state index contributed by atoms with van der Waals surface area (Å²) in [6, 6.07) is 5.82. The molecule has 0 saturated carbocycles. The summed E-state index contributed by atoms with van der Waals surface area (Å²) >= 11 is 0. The van der Waals surface area contributed by atoms with Gasteiger partial charge in [-0.2, -0.15) is 0 Å². The zero-order valence-corrected chi connectivity index (χ0v) is 8.95. The largest absolute Gasteiger partial charge is 0.323 e. The van der Waals surface area contributed by atoms with Gasteiger partial charge in [0.2, 0.25) is 0 Å². The number of aryl methyl sites for hydroxylation is 1. The molecule has 1 unspecified atom stereocenters. The molecule has 2 heterocycles. The topological polar surface area (TPSA) is 64.7 Å². The van der Waals surface area contributed by atoms with Crippen LogP contribution in [0.25, 0.3) is 0 Å². The summed E-state index contributed by atoms with van der Waals surface area (Å²) in [5.41, 5.74) is 7.90. The highest BCUT2D eigenvalue weighted by Gasteiger charge is 2.07. The van der Waals surface area contributed by atoms with Gasteiger partial charge in [-0.1, -0.05) is 6.07 Å². The molecule has 0 aromatic carbocycles. The van der Waals surface area contributed by atoms with E-state index in [4.69, 9.17) is 5.73 Å². The first-order chi connectivity index (χ1) is 7.86. The number of pyridine rings is 1. The second-order valence-corrected chi connectivity index (χ2v) is 3.60. The van der Waals surface area contributed by atoms with Gasteiger partial charge in [0, 0.05) is 36.5 Å². The molecular formula is C12H14N4. The first-order valence-electron chi connectivity index (χ1n) is 5.27. The number of nitrogens with two attached hydrogens (primary N) is 1. The smallest absolute Gasteiger partial charge is 0.0753 e. The van der Waals surface area contributed by atoms with E-state index in [0.29, 0.717) is 0 Å². The van der Waals surface area contributed by atoms with Gasteiger partial charge in [-0.05, 0) is 25.0 Å². The summed E-state index contributed by atoms with van der Waals surface area (Å²) in [5.74, 6) is 0. The van der Waals surface area contributed by atoms with Crippen LogP contribution >= 0.6 is 0 Å². The molecule has 0 saturated heterocycles. The minimum absolute atomic E-state index is 0.0734. The van der Waals surface area contributed by atoms with Crippen LogP contribution in [0.15, 0.2) is 43.0 Å². The van der Waals surface area contributed by atoms with Crippen molar-refractivity contribution in [2.75, 3.05) is 0 Å². The second-order valence-electron chi connectivity index (χ2n) is 3.60. The number of hydrogen-bond acceptors (Lipinski definition) is 4. The molecule has 0 radical (unpaired) electrons. The van der Waals surface area contributed by atoms with Crippen LogP contribution in [0.4, 0.5) is 0 Å². The van der Waals surface area contributed by atoms with E-state index in [2.05, 4.69) is 15.0 Å². The summed E-state index contributed by atoms with van der Waals surface area (Å²) in [5, 5.41) is 0. The fourth-order valence-electron chi connectivity index (χ4n) is 1.50. The quantitative estimate of drug-likeness (QED) is 0.837. The number of nitrogens with zero attached hydrogens (tertiary/aromatic N) is 3. The number of rotatable bonds is 4. The van der Waals surface area contributed by atoms with Crippen LogP contribution in [0.1, 0.15) is 23.9 Å². The minimum Gasteiger partial charge on any atom is -0.323 e. The Hall–Kier alpha value is -1.81. The number of aromatic nitrogens is 3. The van der Waals surface area contributed by atoms with Crippen LogP contribution in [-0.4, -0.2) is 15.0 Å².